The van der Waals surface area contributed by atoms with E-state index in [1.165, 1.54) is 6.07 Å². The average molecular weight is 233 g/mol. The number of nitrogens with two attached hydrogens (primary N) is 1. The second-order valence-electron chi connectivity index (χ2n) is 4.46. The molecule has 2 nitrogen and oxygen atoms in total. The number of benzene rings is 1. The van der Waals surface area contributed by atoms with Crippen molar-refractivity contribution in [1.29, 1.82) is 0 Å². The van der Waals surface area contributed by atoms with E-state index in [4.69, 9.17) is 10.5 Å². The normalized spacial score (nSPS) is 12.6. The van der Waals surface area contributed by atoms with E-state index in [1.54, 1.807) is 20.8 Å². The minimum absolute atomic E-state index is 0.00949. The molecule has 90 valence electrons. The van der Waals surface area contributed by atoms with E-state index in [2.05, 4.69) is 0 Å². The summed E-state index contributed by atoms with van der Waals surface area (Å²) >= 11 is 0. The van der Waals surface area contributed by atoms with Crippen LogP contribution in [0.1, 0.15) is 26.3 Å². The zero-order valence-corrected chi connectivity index (χ0v) is 9.35. The molecule has 1 aromatic rings. The molecule has 0 aromatic heterocycles. The molecule has 2 N–H and O–H groups in total. The molecule has 0 aliphatic carbocycles. The number of alkyl halides is 3. The van der Waals surface area contributed by atoms with Crippen molar-refractivity contribution in [3.8, 4) is 5.75 Å². The highest BCUT2D eigenvalue weighted by atomic mass is 19.4. The van der Waals surface area contributed by atoms with Gasteiger partial charge in [0.05, 0.1) is 11.3 Å². The molecule has 0 saturated carbocycles. The Labute approximate surface area is 92.2 Å². The molecule has 0 aliphatic rings. The molecule has 0 aliphatic heterocycles. The van der Waals surface area contributed by atoms with Crippen molar-refractivity contribution in [1.82, 2.24) is 0 Å². The van der Waals surface area contributed by atoms with E-state index < -0.39 is 17.3 Å². The summed E-state index contributed by atoms with van der Waals surface area (Å²) in [5.41, 5.74) is 4.23. The van der Waals surface area contributed by atoms with Gasteiger partial charge in [-0.25, -0.2) is 0 Å². The number of anilines is 1. The zero-order chi connectivity index (χ0) is 12.6. The summed E-state index contributed by atoms with van der Waals surface area (Å²) < 4.78 is 42.4. The molecule has 0 spiro atoms. The Hall–Kier alpha value is -1.39. The summed E-state index contributed by atoms with van der Waals surface area (Å²) in [6.45, 7) is 5.39. The summed E-state index contributed by atoms with van der Waals surface area (Å²) in [6.07, 6.45) is -4.38. The van der Waals surface area contributed by atoms with Gasteiger partial charge in [-0.05, 0) is 39.0 Å². The first kappa shape index (κ1) is 12.7. The standard InChI is InChI=1S/C11H14F3NO/c1-10(2,3)16-9-5-4-7(6-8(9)15)11(12,13)14/h4-6H,15H2,1-3H3. The van der Waals surface area contributed by atoms with E-state index in [9.17, 15) is 13.2 Å². The van der Waals surface area contributed by atoms with Gasteiger partial charge in [-0.3, -0.25) is 0 Å². The van der Waals surface area contributed by atoms with Gasteiger partial charge >= 0.3 is 6.18 Å². The quantitative estimate of drug-likeness (QED) is 0.754. The van der Waals surface area contributed by atoms with Gasteiger partial charge < -0.3 is 10.5 Å². The SMILES string of the molecule is CC(C)(C)Oc1ccc(C(F)(F)F)cc1N. The number of nitrogen functional groups attached to an aromatic ring is 1. The van der Waals surface area contributed by atoms with E-state index in [0.717, 1.165) is 12.1 Å². The van der Waals surface area contributed by atoms with Crippen LogP contribution >= 0.6 is 0 Å². The minimum Gasteiger partial charge on any atom is -0.486 e. The first-order valence-corrected chi connectivity index (χ1v) is 4.75. The predicted octanol–water partition coefficient (Wildman–Crippen LogP) is 3.46. The molecule has 0 radical (unpaired) electrons. The summed E-state index contributed by atoms with van der Waals surface area (Å²) in [4.78, 5) is 0. The van der Waals surface area contributed by atoms with E-state index in [0.29, 0.717) is 0 Å². The van der Waals surface area contributed by atoms with Crippen LogP contribution in [0.4, 0.5) is 18.9 Å². The summed E-state index contributed by atoms with van der Waals surface area (Å²) in [6, 6.07) is 3.07. The molecule has 5 heteroatoms. The highest BCUT2D eigenvalue weighted by molar-refractivity contribution is 5.55. The lowest BCUT2D eigenvalue weighted by atomic mass is 10.1. The third-order valence-electron chi connectivity index (χ3n) is 1.75. The number of hydrogen-bond donors (Lipinski definition) is 1. The van der Waals surface area contributed by atoms with Crippen LogP contribution in [-0.2, 0) is 6.18 Å². The van der Waals surface area contributed by atoms with Crippen LogP contribution in [0.15, 0.2) is 18.2 Å². The van der Waals surface area contributed by atoms with Crippen molar-refractivity contribution >= 4 is 5.69 Å². The number of hydrogen-bond acceptors (Lipinski definition) is 2. The van der Waals surface area contributed by atoms with Gasteiger partial charge in [0, 0.05) is 0 Å². The molecular weight excluding hydrogens is 219 g/mol. The number of rotatable bonds is 1. The number of ether oxygens (including phenoxy) is 1. The Morgan fingerprint density at radius 3 is 2.06 bits per heavy atom. The average Bonchev–Trinajstić information content (AvgIpc) is 2.04. The summed E-state index contributed by atoms with van der Waals surface area (Å²) in [5, 5.41) is 0. The Balaban J connectivity index is 3.01. The lowest BCUT2D eigenvalue weighted by Crippen LogP contribution is -2.23. The Morgan fingerprint density at radius 2 is 1.69 bits per heavy atom. The molecular formula is C11H14F3NO. The molecule has 0 bridgehead atoms. The highest BCUT2D eigenvalue weighted by Crippen LogP contribution is 2.34. The minimum atomic E-state index is -4.38. The maximum absolute atomic E-state index is 12.3. The van der Waals surface area contributed by atoms with E-state index in [-0.39, 0.29) is 11.4 Å². The van der Waals surface area contributed by atoms with Crippen molar-refractivity contribution in [2.75, 3.05) is 5.73 Å². The van der Waals surface area contributed by atoms with Gasteiger partial charge in [0.2, 0.25) is 0 Å². The first-order valence-electron chi connectivity index (χ1n) is 4.75. The predicted molar refractivity (Wildman–Crippen MR) is 56.2 cm³/mol. The lowest BCUT2D eigenvalue weighted by Gasteiger charge is -2.22. The Kier molecular flexibility index (Phi) is 3.08. The van der Waals surface area contributed by atoms with Crippen LogP contribution in [0.25, 0.3) is 0 Å². The molecule has 0 saturated heterocycles. The van der Waals surface area contributed by atoms with Crippen molar-refractivity contribution in [2.24, 2.45) is 0 Å². The van der Waals surface area contributed by atoms with Gasteiger partial charge in [0.15, 0.2) is 0 Å². The second-order valence-corrected chi connectivity index (χ2v) is 4.46. The van der Waals surface area contributed by atoms with Crippen LogP contribution in [0.3, 0.4) is 0 Å². The molecule has 0 heterocycles. The van der Waals surface area contributed by atoms with Crippen molar-refractivity contribution in [3.63, 3.8) is 0 Å². The fourth-order valence-corrected chi connectivity index (χ4v) is 1.15. The summed E-state index contributed by atoms with van der Waals surface area (Å²) in [5.74, 6) is 0.264. The van der Waals surface area contributed by atoms with Crippen LogP contribution in [0, 0.1) is 0 Å². The fraction of sp³-hybridized carbons (Fsp3) is 0.455. The van der Waals surface area contributed by atoms with Crippen LogP contribution in [0.2, 0.25) is 0 Å². The van der Waals surface area contributed by atoms with Crippen LogP contribution in [-0.4, -0.2) is 5.60 Å². The molecule has 1 rings (SSSR count). The van der Waals surface area contributed by atoms with Gasteiger partial charge in [0.1, 0.15) is 11.4 Å². The maximum Gasteiger partial charge on any atom is 0.416 e. The third-order valence-corrected chi connectivity index (χ3v) is 1.75. The molecule has 0 fully saturated rings. The molecule has 0 unspecified atom stereocenters. The summed E-state index contributed by atoms with van der Waals surface area (Å²) in [7, 11) is 0. The second kappa shape index (κ2) is 3.88. The molecule has 16 heavy (non-hydrogen) atoms. The van der Waals surface area contributed by atoms with Crippen LogP contribution < -0.4 is 10.5 Å². The van der Waals surface area contributed by atoms with Crippen molar-refractivity contribution < 1.29 is 17.9 Å². The van der Waals surface area contributed by atoms with Crippen molar-refractivity contribution in [3.05, 3.63) is 23.8 Å². The van der Waals surface area contributed by atoms with Crippen LogP contribution in [0.5, 0.6) is 5.75 Å². The van der Waals surface area contributed by atoms with Gasteiger partial charge in [-0.15, -0.1) is 0 Å². The molecule has 1 aromatic carbocycles. The molecule has 0 amide bonds. The van der Waals surface area contributed by atoms with Gasteiger partial charge in [-0.2, -0.15) is 13.2 Å². The molecule has 0 atom stereocenters. The third kappa shape index (κ3) is 3.32. The highest BCUT2D eigenvalue weighted by Gasteiger charge is 2.31. The fourth-order valence-electron chi connectivity index (χ4n) is 1.15. The Morgan fingerprint density at radius 1 is 1.12 bits per heavy atom. The Bertz CT molecular complexity index is 380. The lowest BCUT2D eigenvalue weighted by molar-refractivity contribution is -0.137. The van der Waals surface area contributed by atoms with Gasteiger partial charge in [-0.1, -0.05) is 0 Å². The first-order chi connectivity index (χ1) is 7.09. The topological polar surface area (TPSA) is 35.2 Å². The maximum atomic E-state index is 12.3. The van der Waals surface area contributed by atoms with E-state index >= 15 is 0 Å². The monoisotopic (exact) mass is 233 g/mol. The largest absolute Gasteiger partial charge is 0.486 e. The smallest absolute Gasteiger partial charge is 0.416 e. The van der Waals surface area contributed by atoms with Gasteiger partial charge in [0.25, 0.3) is 0 Å². The van der Waals surface area contributed by atoms with E-state index in [1.807, 2.05) is 0 Å². The zero-order valence-electron chi connectivity index (χ0n) is 9.35. The number of halogens is 3. The van der Waals surface area contributed by atoms with Crippen molar-refractivity contribution in [2.45, 2.75) is 32.5 Å².